The van der Waals surface area contributed by atoms with Gasteiger partial charge in [-0.3, -0.25) is 0 Å². The van der Waals surface area contributed by atoms with Gasteiger partial charge in [-0.1, -0.05) is 0 Å². The first-order chi connectivity index (χ1) is 6.72. The summed E-state index contributed by atoms with van der Waals surface area (Å²) in [6.45, 7) is 1.33. The largest absolute Gasteiger partial charge is 1.00 e. The maximum Gasteiger partial charge on any atom is 1.00 e. The first kappa shape index (κ1) is 21.3. The fourth-order valence-electron chi connectivity index (χ4n) is 1.23. The van der Waals surface area contributed by atoms with Crippen LogP contribution >= 0.6 is 7.82 Å². The van der Waals surface area contributed by atoms with E-state index < -0.39 is 38.5 Å². The van der Waals surface area contributed by atoms with Crippen molar-refractivity contribution in [2.45, 2.75) is 37.6 Å². The summed E-state index contributed by atoms with van der Waals surface area (Å²) in [7, 11) is -5.32. The number of phosphoric acid groups is 1. The van der Waals surface area contributed by atoms with Crippen LogP contribution in [0, 0.1) is 0 Å². The van der Waals surface area contributed by atoms with E-state index in [-0.39, 0.29) is 59.1 Å². The number of aliphatic hydroxyl groups excluding tert-OH is 3. The summed E-state index contributed by atoms with van der Waals surface area (Å²) < 4.78 is 18.8. The van der Waals surface area contributed by atoms with E-state index in [4.69, 9.17) is 4.74 Å². The molecule has 0 spiro atoms. The Morgan fingerprint density at radius 2 is 1.59 bits per heavy atom. The van der Waals surface area contributed by atoms with Crippen molar-refractivity contribution in [2.24, 2.45) is 0 Å². The van der Waals surface area contributed by atoms with Crippen LogP contribution in [0.25, 0.3) is 0 Å². The van der Waals surface area contributed by atoms with E-state index in [1.807, 2.05) is 0 Å². The van der Waals surface area contributed by atoms with Gasteiger partial charge in [-0.15, -0.1) is 0 Å². The maximum atomic E-state index is 10.3. The van der Waals surface area contributed by atoms with Crippen LogP contribution in [0.2, 0.25) is 0 Å². The SMILES string of the molecule is CC1O[C@@H](OP(=O)([O-])[O-])C(O)[C@H](O)[C@H]1O.[Na+].[Na+]. The third-order valence-corrected chi connectivity index (χ3v) is 2.51. The summed E-state index contributed by atoms with van der Waals surface area (Å²) in [6.07, 6.45) is -7.56. The van der Waals surface area contributed by atoms with Gasteiger partial charge in [-0.2, -0.15) is 0 Å². The van der Waals surface area contributed by atoms with Gasteiger partial charge in [-0.25, -0.2) is 0 Å². The van der Waals surface area contributed by atoms with Gasteiger partial charge >= 0.3 is 59.1 Å². The fraction of sp³-hybridized carbons (Fsp3) is 1.00. The second-order valence-electron chi connectivity index (χ2n) is 3.23. The number of hydrogen-bond acceptors (Lipinski definition) is 8. The third-order valence-electron chi connectivity index (χ3n) is 2.04. The summed E-state index contributed by atoms with van der Waals surface area (Å²) >= 11 is 0. The van der Waals surface area contributed by atoms with Crippen LogP contribution in [0.5, 0.6) is 0 Å². The van der Waals surface area contributed by atoms with Crippen molar-refractivity contribution in [3.63, 3.8) is 0 Å². The van der Waals surface area contributed by atoms with Gasteiger partial charge < -0.3 is 38.9 Å². The molecule has 3 N–H and O–H groups in total. The van der Waals surface area contributed by atoms with Crippen LogP contribution in [0.1, 0.15) is 6.92 Å². The number of rotatable bonds is 2. The summed E-state index contributed by atoms with van der Waals surface area (Å²) in [5.74, 6) is 0. The maximum absolute atomic E-state index is 10.3. The minimum atomic E-state index is -5.32. The molecule has 8 nitrogen and oxygen atoms in total. The van der Waals surface area contributed by atoms with Gasteiger partial charge in [0.15, 0.2) is 6.29 Å². The number of phosphoric ester groups is 1. The third kappa shape index (κ3) is 6.29. The second-order valence-corrected chi connectivity index (χ2v) is 4.34. The van der Waals surface area contributed by atoms with Crippen molar-refractivity contribution in [2.75, 3.05) is 0 Å². The Labute approximate surface area is 142 Å². The predicted molar refractivity (Wildman–Crippen MR) is 41.0 cm³/mol. The van der Waals surface area contributed by atoms with Crippen molar-refractivity contribution in [1.82, 2.24) is 0 Å². The van der Waals surface area contributed by atoms with E-state index in [0.717, 1.165) is 0 Å². The molecule has 0 amide bonds. The molecule has 0 aromatic rings. The van der Waals surface area contributed by atoms with Crippen molar-refractivity contribution in [3.05, 3.63) is 0 Å². The molecule has 17 heavy (non-hydrogen) atoms. The van der Waals surface area contributed by atoms with E-state index >= 15 is 0 Å². The van der Waals surface area contributed by atoms with Crippen LogP contribution in [0.3, 0.4) is 0 Å². The van der Waals surface area contributed by atoms with E-state index in [0.29, 0.717) is 0 Å². The van der Waals surface area contributed by atoms with Crippen LogP contribution in [-0.4, -0.2) is 46.0 Å². The Morgan fingerprint density at radius 1 is 1.12 bits per heavy atom. The smallest absolute Gasteiger partial charge is 0.790 e. The first-order valence-corrected chi connectivity index (χ1v) is 5.58. The second kappa shape index (κ2) is 8.28. The van der Waals surface area contributed by atoms with Gasteiger partial charge in [0.25, 0.3) is 0 Å². The van der Waals surface area contributed by atoms with Gasteiger partial charge in [0.2, 0.25) is 0 Å². The number of ether oxygens (including phenoxy) is 1. The predicted octanol–water partition coefficient (Wildman–Crippen LogP) is -9.33. The van der Waals surface area contributed by atoms with E-state index in [1.165, 1.54) is 6.92 Å². The van der Waals surface area contributed by atoms with Crippen molar-refractivity contribution in [3.8, 4) is 0 Å². The molecule has 0 bridgehead atoms. The topological polar surface area (TPSA) is 142 Å². The molecule has 1 fully saturated rings. The molecule has 1 heterocycles. The molecule has 1 aliphatic heterocycles. The van der Waals surface area contributed by atoms with E-state index in [9.17, 15) is 29.7 Å². The Kier molecular flexibility index (Phi) is 10.4. The normalized spacial score (nSPS) is 37.9. The van der Waals surface area contributed by atoms with Gasteiger partial charge in [0.1, 0.15) is 18.3 Å². The Hall–Kier alpha value is 1.95. The van der Waals surface area contributed by atoms with Gasteiger partial charge in [0.05, 0.1) is 13.9 Å². The van der Waals surface area contributed by atoms with Gasteiger partial charge in [-0.05, 0) is 6.92 Å². The standard InChI is InChI=1S/C6H13O8P.2Na/c1-2-3(7)4(8)5(9)6(13-2)14-15(10,11)12;;/h2-9H,1H3,(H2,10,11,12);;/q;2*+1/p-2/t2?,3-,4+,5?,6-;;/m0../s1. The average molecular weight is 288 g/mol. The molecule has 0 saturated carbocycles. The number of hydrogen-bond donors (Lipinski definition) is 3. The van der Waals surface area contributed by atoms with Crippen LogP contribution in [0.4, 0.5) is 0 Å². The minimum Gasteiger partial charge on any atom is -0.790 e. The van der Waals surface area contributed by atoms with E-state index in [1.54, 1.807) is 0 Å². The summed E-state index contributed by atoms with van der Waals surface area (Å²) in [6, 6.07) is 0. The summed E-state index contributed by atoms with van der Waals surface area (Å²) in [5, 5.41) is 27.7. The molecule has 5 atom stereocenters. The first-order valence-electron chi connectivity index (χ1n) is 4.12. The molecule has 2 unspecified atom stereocenters. The number of aliphatic hydroxyl groups is 3. The molecule has 1 aliphatic rings. The summed E-state index contributed by atoms with van der Waals surface area (Å²) in [4.78, 5) is 20.5. The zero-order valence-corrected chi connectivity index (χ0v) is 14.6. The molecular formula is C6H11Na2O8P. The van der Waals surface area contributed by atoms with Crippen LogP contribution in [-0.2, 0) is 13.8 Å². The van der Waals surface area contributed by atoms with Crippen molar-refractivity contribution in [1.29, 1.82) is 0 Å². The van der Waals surface area contributed by atoms with Crippen molar-refractivity contribution >= 4 is 7.82 Å². The molecule has 0 aromatic heterocycles. The molecule has 1 saturated heterocycles. The van der Waals surface area contributed by atoms with Gasteiger partial charge in [0, 0.05) is 0 Å². The quantitative estimate of drug-likeness (QED) is 0.336. The molecular weight excluding hydrogens is 277 g/mol. The average Bonchev–Trinajstić information content (AvgIpc) is 2.08. The Morgan fingerprint density at radius 3 is 2.00 bits per heavy atom. The minimum absolute atomic E-state index is 0. The molecule has 0 aliphatic carbocycles. The summed E-state index contributed by atoms with van der Waals surface area (Å²) in [5.41, 5.74) is 0. The van der Waals surface area contributed by atoms with E-state index in [2.05, 4.69) is 4.52 Å². The Bertz CT molecular complexity index is 273. The van der Waals surface area contributed by atoms with Crippen molar-refractivity contribution < 1.29 is 98.0 Å². The Balaban J connectivity index is 0. The molecule has 0 aromatic carbocycles. The molecule has 90 valence electrons. The van der Waals surface area contributed by atoms with Crippen LogP contribution < -0.4 is 68.9 Å². The monoisotopic (exact) mass is 288 g/mol. The molecule has 11 heteroatoms. The fourth-order valence-corrected chi connectivity index (χ4v) is 1.66. The zero-order valence-electron chi connectivity index (χ0n) is 9.72. The molecule has 0 radical (unpaired) electrons. The zero-order chi connectivity index (χ0) is 11.8. The van der Waals surface area contributed by atoms with Crippen LogP contribution in [0.15, 0.2) is 0 Å². The molecule has 1 rings (SSSR count).